The largest absolute Gasteiger partial charge is 0.436 e. The minimum Gasteiger partial charge on any atom is -0.436 e. The summed E-state index contributed by atoms with van der Waals surface area (Å²) in [5.74, 6) is 0.768. The van der Waals surface area contributed by atoms with Gasteiger partial charge in [-0.1, -0.05) is 12.1 Å². The molecule has 0 spiro atoms. The van der Waals surface area contributed by atoms with E-state index in [0.717, 1.165) is 29.5 Å². The number of halogens is 1. The number of hydrogen-bond donors (Lipinski definition) is 1. The third kappa shape index (κ3) is 4.21. The standard InChI is InChI=1S/C21H22N6O3S.ClH/c1-31(28,29)26-8-6-16(7-9-26)27-13-15(12-24-27)14-10-17(20(22)23-11-14)21-25-18-4-2-3-5-19(18)30-21;/h2-5,10-13,16H,6-9H2,1H3,(H2,22,23);1H. The van der Waals surface area contributed by atoms with Gasteiger partial charge in [0.1, 0.15) is 11.3 Å². The maximum Gasteiger partial charge on any atom is 0.231 e. The first-order chi connectivity index (χ1) is 14.9. The van der Waals surface area contributed by atoms with Crippen LogP contribution in [0.15, 0.2) is 53.3 Å². The van der Waals surface area contributed by atoms with Gasteiger partial charge in [-0.25, -0.2) is 22.7 Å². The third-order valence-electron chi connectivity index (χ3n) is 5.64. The van der Waals surface area contributed by atoms with E-state index in [1.165, 1.54) is 10.6 Å². The molecule has 0 atom stereocenters. The molecule has 3 aromatic heterocycles. The van der Waals surface area contributed by atoms with Gasteiger partial charge in [-0.05, 0) is 31.0 Å². The molecular formula is C21H23ClN6O3S. The van der Waals surface area contributed by atoms with E-state index in [-0.39, 0.29) is 18.4 Å². The SMILES string of the molecule is CS(=O)(=O)N1CCC(n2cc(-c3cnc(N)c(-c4nc5ccccc5o4)c3)cn2)CC1.Cl. The Kier molecular flexibility index (Phi) is 5.93. The van der Waals surface area contributed by atoms with E-state index in [0.29, 0.717) is 35.9 Å². The molecule has 4 aromatic rings. The molecule has 0 saturated carbocycles. The van der Waals surface area contributed by atoms with Crippen LogP contribution in [-0.4, -0.2) is 51.8 Å². The van der Waals surface area contributed by atoms with E-state index in [4.69, 9.17) is 10.2 Å². The minimum absolute atomic E-state index is 0. The van der Waals surface area contributed by atoms with E-state index in [9.17, 15) is 8.42 Å². The van der Waals surface area contributed by atoms with E-state index in [1.807, 2.05) is 41.2 Å². The molecule has 1 saturated heterocycles. The van der Waals surface area contributed by atoms with Crippen molar-refractivity contribution in [3.05, 3.63) is 48.9 Å². The first-order valence-electron chi connectivity index (χ1n) is 9.99. The van der Waals surface area contributed by atoms with Crippen molar-refractivity contribution < 1.29 is 12.8 Å². The lowest BCUT2D eigenvalue weighted by Crippen LogP contribution is -2.38. The van der Waals surface area contributed by atoms with Gasteiger partial charge in [0.15, 0.2) is 5.58 Å². The first-order valence-corrected chi connectivity index (χ1v) is 11.8. The lowest BCUT2D eigenvalue weighted by Gasteiger charge is -2.30. The van der Waals surface area contributed by atoms with Gasteiger partial charge in [-0.15, -0.1) is 12.4 Å². The maximum absolute atomic E-state index is 11.7. The predicted octanol–water partition coefficient (Wildman–Crippen LogP) is 3.35. The highest BCUT2D eigenvalue weighted by atomic mass is 35.5. The molecule has 1 aliphatic heterocycles. The molecule has 4 heterocycles. The van der Waals surface area contributed by atoms with Gasteiger partial charge in [0.2, 0.25) is 15.9 Å². The Morgan fingerprint density at radius 1 is 1.12 bits per heavy atom. The molecule has 0 unspecified atom stereocenters. The molecule has 0 radical (unpaired) electrons. The van der Waals surface area contributed by atoms with Gasteiger partial charge < -0.3 is 10.2 Å². The molecule has 1 aliphatic rings. The number of rotatable bonds is 4. The zero-order chi connectivity index (χ0) is 21.6. The van der Waals surface area contributed by atoms with Crippen LogP contribution < -0.4 is 5.73 Å². The van der Waals surface area contributed by atoms with E-state index in [2.05, 4.69) is 15.1 Å². The number of hydrogen-bond acceptors (Lipinski definition) is 7. The first kappa shape index (κ1) is 22.3. The molecule has 5 rings (SSSR count). The van der Waals surface area contributed by atoms with Gasteiger partial charge in [0.25, 0.3) is 0 Å². The summed E-state index contributed by atoms with van der Waals surface area (Å²) in [5, 5.41) is 4.51. The lowest BCUT2D eigenvalue weighted by molar-refractivity contribution is 0.262. The molecule has 9 nitrogen and oxygen atoms in total. The summed E-state index contributed by atoms with van der Waals surface area (Å²) in [7, 11) is -3.15. The van der Waals surface area contributed by atoms with Crippen molar-refractivity contribution in [1.82, 2.24) is 24.1 Å². The topological polar surface area (TPSA) is 120 Å². The normalized spacial score (nSPS) is 15.7. The van der Waals surface area contributed by atoms with Crippen LogP contribution in [0.1, 0.15) is 18.9 Å². The molecular weight excluding hydrogens is 452 g/mol. The number of sulfonamides is 1. The van der Waals surface area contributed by atoms with Crippen molar-refractivity contribution in [3.8, 4) is 22.6 Å². The van der Waals surface area contributed by atoms with Crippen LogP contribution in [0.25, 0.3) is 33.7 Å². The Morgan fingerprint density at radius 3 is 2.59 bits per heavy atom. The van der Waals surface area contributed by atoms with Crippen molar-refractivity contribution in [2.24, 2.45) is 0 Å². The maximum atomic E-state index is 11.7. The smallest absolute Gasteiger partial charge is 0.231 e. The Bertz CT molecular complexity index is 1330. The lowest BCUT2D eigenvalue weighted by atomic mass is 10.1. The molecule has 0 aliphatic carbocycles. The van der Waals surface area contributed by atoms with Crippen LogP contribution >= 0.6 is 12.4 Å². The van der Waals surface area contributed by atoms with Crippen LogP contribution in [0.3, 0.4) is 0 Å². The number of anilines is 1. The van der Waals surface area contributed by atoms with E-state index < -0.39 is 10.0 Å². The zero-order valence-electron chi connectivity index (χ0n) is 17.4. The number of para-hydroxylation sites is 2. The summed E-state index contributed by atoms with van der Waals surface area (Å²) >= 11 is 0. The Balaban J connectivity index is 0.00000245. The molecule has 2 N–H and O–H groups in total. The fourth-order valence-electron chi connectivity index (χ4n) is 3.92. The number of piperidine rings is 1. The quantitative estimate of drug-likeness (QED) is 0.481. The number of nitrogen functional groups attached to an aromatic ring is 1. The minimum atomic E-state index is -3.15. The summed E-state index contributed by atoms with van der Waals surface area (Å²) in [5.41, 5.74) is 9.94. The average molecular weight is 475 g/mol. The summed E-state index contributed by atoms with van der Waals surface area (Å²) < 4.78 is 32.7. The van der Waals surface area contributed by atoms with Gasteiger partial charge in [0.05, 0.1) is 24.1 Å². The summed E-state index contributed by atoms with van der Waals surface area (Å²) in [6, 6.07) is 9.60. The van der Waals surface area contributed by atoms with Crippen LogP contribution in [-0.2, 0) is 10.0 Å². The van der Waals surface area contributed by atoms with Crippen LogP contribution in [0.2, 0.25) is 0 Å². The summed E-state index contributed by atoms with van der Waals surface area (Å²) in [6.45, 7) is 1.01. The fraction of sp³-hybridized carbons (Fsp3) is 0.286. The Labute approximate surface area is 191 Å². The fourth-order valence-corrected chi connectivity index (χ4v) is 4.79. The highest BCUT2D eigenvalue weighted by molar-refractivity contribution is 7.88. The molecule has 168 valence electrons. The van der Waals surface area contributed by atoms with Crippen molar-refractivity contribution in [1.29, 1.82) is 0 Å². The van der Waals surface area contributed by atoms with Gasteiger partial charge in [-0.3, -0.25) is 4.68 Å². The molecule has 0 bridgehead atoms. The van der Waals surface area contributed by atoms with Gasteiger partial charge in [-0.2, -0.15) is 5.10 Å². The van der Waals surface area contributed by atoms with Crippen LogP contribution in [0, 0.1) is 0 Å². The second kappa shape index (κ2) is 8.53. The second-order valence-electron chi connectivity index (χ2n) is 7.75. The summed E-state index contributed by atoms with van der Waals surface area (Å²) in [4.78, 5) is 8.85. The number of nitrogens with zero attached hydrogens (tertiary/aromatic N) is 5. The predicted molar refractivity (Wildman–Crippen MR) is 125 cm³/mol. The molecule has 1 aromatic carbocycles. The number of oxazole rings is 1. The average Bonchev–Trinajstić information content (AvgIpc) is 3.41. The molecule has 11 heteroatoms. The van der Waals surface area contributed by atoms with Crippen molar-refractivity contribution >= 4 is 39.3 Å². The number of benzene rings is 1. The zero-order valence-corrected chi connectivity index (χ0v) is 19.0. The molecule has 1 fully saturated rings. The number of pyridine rings is 1. The highest BCUT2D eigenvalue weighted by Gasteiger charge is 2.26. The molecule has 32 heavy (non-hydrogen) atoms. The number of nitrogens with two attached hydrogens (primary N) is 1. The Hall–Kier alpha value is -2.95. The van der Waals surface area contributed by atoms with Crippen molar-refractivity contribution in [2.75, 3.05) is 25.1 Å². The van der Waals surface area contributed by atoms with E-state index in [1.54, 1.807) is 12.4 Å². The highest BCUT2D eigenvalue weighted by Crippen LogP contribution is 2.32. The number of aromatic nitrogens is 4. The number of fused-ring (bicyclic) bond motifs is 1. The van der Waals surface area contributed by atoms with Crippen LogP contribution in [0.5, 0.6) is 0 Å². The monoisotopic (exact) mass is 474 g/mol. The molecule has 0 amide bonds. The summed E-state index contributed by atoms with van der Waals surface area (Å²) in [6.07, 6.45) is 8.15. The van der Waals surface area contributed by atoms with E-state index >= 15 is 0 Å². The van der Waals surface area contributed by atoms with Gasteiger partial charge >= 0.3 is 0 Å². The van der Waals surface area contributed by atoms with Crippen molar-refractivity contribution in [2.45, 2.75) is 18.9 Å². The van der Waals surface area contributed by atoms with Crippen LogP contribution in [0.4, 0.5) is 5.82 Å². The third-order valence-corrected chi connectivity index (χ3v) is 6.95. The van der Waals surface area contributed by atoms with Crippen molar-refractivity contribution in [3.63, 3.8) is 0 Å². The second-order valence-corrected chi connectivity index (χ2v) is 9.73. The van der Waals surface area contributed by atoms with Gasteiger partial charge in [0, 0.05) is 36.6 Å². The Morgan fingerprint density at radius 2 is 1.88 bits per heavy atom.